The number of carbonyl (C=O) groups is 2. The monoisotopic (exact) mass is 497 g/mol. The van der Waals surface area contributed by atoms with Gasteiger partial charge in [0.25, 0.3) is 17.5 Å². The quantitative estimate of drug-likeness (QED) is 0.187. The number of hydrogen-bond donors (Lipinski definition) is 1. The number of thiocarbonyl (C=S) groups is 1. The van der Waals surface area contributed by atoms with Crippen molar-refractivity contribution in [3.05, 3.63) is 86.6 Å². The molecule has 0 saturated carbocycles. The van der Waals surface area contributed by atoms with Gasteiger partial charge < -0.3 is 4.42 Å². The number of nitrogens with one attached hydrogen (secondary N) is 1. The maximum absolute atomic E-state index is 13.0. The maximum atomic E-state index is 13.0. The van der Waals surface area contributed by atoms with Gasteiger partial charge in [-0.15, -0.1) is 0 Å². The molecule has 154 valence electrons. The van der Waals surface area contributed by atoms with Gasteiger partial charge in [0.05, 0.1) is 10.6 Å². The Hall–Kier alpha value is -3.63. The highest BCUT2D eigenvalue weighted by Gasteiger charge is 2.34. The van der Waals surface area contributed by atoms with E-state index in [4.69, 9.17) is 16.6 Å². The normalized spacial score (nSPS) is 15.3. The van der Waals surface area contributed by atoms with Gasteiger partial charge in [0.1, 0.15) is 17.1 Å². The third-order valence-electron chi connectivity index (χ3n) is 4.46. The van der Waals surface area contributed by atoms with E-state index in [0.717, 1.165) is 4.47 Å². The molecule has 1 N–H and O–H groups in total. The second-order valence-corrected chi connectivity index (χ2v) is 7.74. The average molecular weight is 498 g/mol. The fourth-order valence-corrected chi connectivity index (χ4v) is 3.50. The minimum Gasteiger partial charge on any atom is -0.457 e. The summed E-state index contributed by atoms with van der Waals surface area (Å²) in [6, 6.07) is 16.0. The molecule has 2 heterocycles. The first-order valence-electron chi connectivity index (χ1n) is 8.85. The largest absolute Gasteiger partial charge is 0.457 e. The first-order valence-corrected chi connectivity index (χ1v) is 10.1. The number of rotatable bonds is 4. The van der Waals surface area contributed by atoms with E-state index in [1.54, 1.807) is 48.5 Å². The van der Waals surface area contributed by atoms with E-state index in [0.29, 0.717) is 17.0 Å². The van der Waals surface area contributed by atoms with Crippen LogP contribution in [0.15, 0.2) is 75.1 Å². The van der Waals surface area contributed by atoms with E-state index in [1.165, 1.54) is 23.1 Å². The molecule has 0 radical (unpaired) electrons. The van der Waals surface area contributed by atoms with Crippen molar-refractivity contribution in [3.8, 4) is 11.3 Å². The van der Waals surface area contributed by atoms with Gasteiger partial charge in [0.15, 0.2) is 5.11 Å². The Morgan fingerprint density at radius 1 is 1.03 bits per heavy atom. The summed E-state index contributed by atoms with van der Waals surface area (Å²) < 4.78 is 6.55. The highest BCUT2D eigenvalue weighted by molar-refractivity contribution is 9.10. The second kappa shape index (κ2) is 8.25. The van der Waals surface area contributed by atoms with Gasteiger partial charge in [0, 0.05) is 22.2 Å². The van der Waals surface area contributed by atoms with E-state index in [1.807, 2.05) is 0 Å². The van der Waals surface area contributed by atoms with Crippen molar-refractivity contribution >= 4 is 62.5 Å². The molecule has 0 unspecified atom stereocenters. The Morgan fingerprint density at radius 2 is 1.71 bits per heavy atom. The molecule has 1 fully saturated rings. The summed E-state index contributed by atoms with van der Waals surface area (Å²) in [4.78, 5) is 36.9. The second-order valence-electron chi connectivity index (χ2n) is 6.44. The Bertz CT molecular complexity index is 1250. The van der Waals surface area contributed by atoms with Gasteiger partial charge in [-0.2, -0.15) is 0 Å². The molecule has 0 atom stereocenters. The fourth-order valence-electron chi connectivity index (χ4n) is 2.96. The van der Waals surface area contributed by atoms with Crippen molar-refractivity contribution in [3.63, 3.8) is 0 Å². The minimum atomic E-state index is -0.628. The Kier molecular flexibility index (Phi) is 5.49. The molecule has 1 aliphatic rings. The molecular weight excluding hydrogens is 486 g/mol. The predicted molar refractivity (Wildman–Crippen MR) is 121 cm³/mol. The highest BCUT2D eigenvalue weighted by atomic mass is 79.9. The third kappa shape index (κ3) is 4.16. The lowest BCUT2D eigenvalue weighted by Gasteiger charge is -2.28. The molecule has 0 spiro atoms. The van der Waals surface area contributed by atoms with E-state index in [-0.39, 0.29) is 22.1 Å². The van der Waals surface area contributed by atoms with Gasteiger partial charge in [0.2, 0.25) is 0 Å². The van der Waals surface area contributed by atoms with Crippen LogP contribution >= 0.6 is 28.1 Å². The summed E-state index contributed by atoms with van der Waals surface area (Å²) in [5.74, 6) is -0.498. The predicted octanol–water partition coefficient (Wildman–Crippen LogP) is 4.45. The van der Waals surface area contributed by atoms with E-state index >= 15 is 0 Å². The number of nitrogens with zero attached hydrogens (tertiary/aromatic N) is 2. The van der Waals surface area contributed by atoms with Crippen molar-refractivity contribution in [2.45, 2.75) is 0 Å². The first-order chi connectivity index (χ1) is 14.8. The van der Waals surface area contributed by atoms with Gasteiger partial charge in [-0.05, 0) is 66.8 Å². The van der Waals surface area contributed by atoms with Gasteiger partial charge in [-0.25, -0.2) is 0 Å². The van der Waals surface area contributed by atoms with Crippen LogP contribution in [0.1, 0.15) is 5.76 Å². The first kappa shape index (κ1) is 20.6. The molecule has 10 heteroatoms. The summed E-state index contributed by atoms with van der Waals surface area (Å²) in [6.45, 7) is 0. The third-order valence-corrected chi connectivity index (χ3v) is 5.28. The number of nitro groups is 1. The Morgan fingerprint density at radius 3 is 2.35 bits per heavy atom. The zero-order valence-electron chi connectivity index (χ0n) is 15.6. The number of furan rings is 1. The van der Waals surface area contributed by atoms with Crippen LogP contribution in [0.25, 0.3) is 17.4 Å². The van der Waals surface area contributed by atoms with Crippen LogP contribution in [0.4, 0.5) is 11.4 Å². The number of anilines is 1. The number of hydrogen-bond acceptors (Lipinski definition) is 6. The number of carbonyl (C=O) groups excluding carboxylic acids is 2. The van der Waals surface area contributed by atoms with Crippen LogP contribution in [0, 0.1) is 10.1 Å². The molecule has 4 rings (SSSR count). The smallest absolute Gasteiger partial charge is 0.270 e. The van der Waals surface area contributed by atoms with Crippen LogP contribution in [0.2, 0.25) is 0 Å². The van der Waals surface area contributed by atoms with Crippen molar-refractivity contribution in [2.75, 3.05) is 4.90 Å². The molecule has 0 aliphatic carbocycles. The number of non-ortho nitro benzene ring substituents is 1. The fraction of sp³-hybridized carbons (Fsp3) is 0. The van der Waals surface area contributed by atoms with Crippen molar-refractivity contribution in [1.82, 2.24) is 5.32 Å². The van der Waals surface area contributed by atoms with E-state index in [2.05, 4.69) is 21.2 Å². The molecule has 3 aromatic rings. The maximum Gasteiger partial charge on any atom is 0.270 e. The number of amides is 2. The number of halogens is 1. The summed E-state index contributed by atoms with van der Waals surface area (Å²) in [5, 5.41) is 13.3. The lowest BCUT2D eigenvalue weighted by molar-refractivity contribution is -0.384. The summed E-state index contributed by atoms with van der Waals surface area (Å²) in [6.07, 6.45) is 1.33. The van der Waals surface area contributed by atoms with E-state index < -0.39 is 16.7 Å². The van der Waals surface area contributed by atoms with Crippen LogP contribution in [0.3, 0.4) is 0 Å². The molecule has 31 heavy (non-hydrogen) atoms. The van der Waals surface area contributed by atoms with Crippen molar-refractivity contribution in [2.24, 2.45) is 0 Å². The lowest BCUT2D eigenvalue weighted by atomic mass is 10.1. The molecule has 1 aromatic heterocycles. The van der Waals surface area contributed by atoms with Crippen LogP contribution in [-0.2, 0) is 9.59 Å². The van der Waals surface area contributed by atoms with Crippen molar-refractivity contribution in [1.29, 1.82) is 0 Å². The average Bonchev–Trinajstić information content (AvgIpc) is 3.21. The molecule has 2 aromatic carbocycles. The summed E-state index contributed by atoms with van der Waals surface area (Å²) >= 11 is 8.51. The van der Waals surface area contributed by atoms with Crippen LogP contribution in [-0.4, -0.2) is 21.9 Å². The van der Waals surface area contributed by atoms with Crippen molar-refractivity contribution < 1.29 is 18.9 Å². The number of benzene rings is 2. The number of nitro benzene ring substituents is 1. The van der Waals surface area contributed by atoms with Crippen LogP contribution in [0.5, 0.6) is 0 Å². The van der Waals surface area contributed by atoms with Crippen LogP contribution < -0.4 is 10.2 Å². The molecular formula is C21H12BrN3O5S. The minimum absolute atomic E-state index is 0.0134. The van der Waals surface area contributed by atoms with Gasteiger partial charge >= 0.3 is 0 Å². The zero-order valence-corrected chi connectivity index (χ0v) is 18.0. The topological polar surface area (TPSA) is 106 Å². The summed E-state index contributed by atoms with van der Waals surface area (Å²) in [5.41, 5.74) is 0.953. The molecule has 2 amide bonds. The zero-order chi connectivity index (χ0) is 22.1. The lowest BCUT2D eigenvalue weighted by Crippen LogP contribution is -2.54. The Labute approximate surface area is 189 Å². The molecule has 0 bridgehead atoms. The summed E-state index contributed by atoms with van der Waals surface area (Å²) in [7, 11) is 0. The SMILES string of the molecule is O=C1NC(=S)N(c2ccc(Br)cc2)C(=O)/C1=C\c1ccc(-c2ccc([N+](=O)[O-])cc2)o1. The van der Waals surface area contributed by atoms with E-state index in [9.17, 15) is 19.7 Å². The van der Waals surface area contributed by atoms with Gasteiger partial charge in [-0.3, -0.25) is 29.9 Å². The highest BCUT2D eigenvalue weighted by Crippen LogP contribution is 2.27. The van der Waals surface area contributed by atoms with Gasteiger partial charge in [-0.1, -0.05) is 15.9 Å². The standard InChI is InChI=1S/C21H12BrN3O5S/c22-13-3-7-14(8-4-13)24-20(27)17(19(26)23-21(24)31)11-16-9-10-18(30-16)12-1-5-15(6-2-12)25(28)29/h1-11H,(H,23,26,31)/b17-11-. The molecule has 1 aliphatic heterocycles. The molecule has 1 saturated heterocycles. The molecule has 8 nitrogen and oxygen atoms in total. The Balaban J connectivity index is 1.63.